The number of rotatable bonds is 3. The van der Waals surface area contributed by atoms with Gasteiger partial charge in [-0.05, 0) is 0 Å². The molecule has 0 aliphatic carbocycles. The fraction of sp³-hybridized carbons (Fsp3) is 0.250. The van der Waals surface area contributed by atoms with Crippen LogP contribution in [-0.2, 0) is 17.4 Å². The van der Waals surface area contributed by atoms with Gasteiger partial charge in [0.1, 0.15) is 0 Å². The number of nitrogens with zero attached hydrogens (tertiary/aromatic N) is 2. The first-order valence-corrected chi connectivity index (χ1v) is 4.14. The number of carboxylic acids is 1. The van der Waals surface area contributed by atoms with Gasteiger partial charge in [0.15, 0.2) is 5.56 Å². The van der Waals surface area contributed by atoms with E-state index in [1.165, 1.54) is 0 Å². The molecular weight excluding hydrogens is 245 g/mol. The lowest BCUT2D eigenvalue weighted by molar-refractivity contribution is -0.388. The highest BCUT2D eigenvalue weighted by Crippen LogP contribution is 2.37. The number of carboxylic acid groups (broad SMARTS) is 1. The predicted molar refractivity (Wildman–Crippen MR) is 47.2 cm³/mol. The van der Waals surface area contributed by atoms with Crippen LogP contribution in [0.5, 0.6) is 0 Å². The molecule has 9 heteroatoms. The monoisotopic (exact) mass is 250 g/mol. The van der Waals surface area contributed by atoms with E-state index >= 15 is 0 Å². The summed E-state index contributed by atoms with van der Waals surface area (Å²) in [6.07, 6.45) is -5.29. The van der Waals surface area contributed by atoms with Crippen LogP contribution >= 0.6 is 0 Å². The van der Waals surface area contributed by atoms with Crippen molar-refractivity contribution in [3.8, 4) is 0 Å². The zero-order valence-corrected chi connectivity index (χ0v) is 8.06. The van der Waals surface area contributed by atoms with Gasteiger partial charge < -0.3 is 5.11 Å². The molecule has 0 atom stereocenters. The van der Waals surface area contributed by atoms with Crippen molar-refractivity contribution in [2.75, 3.05) is 0 Å². The standard InChI is InChI=1S/C8H5F3N2O4/c9-8(10,11)7-4(3-6(14)15)12-2-1-5(7)13(16)17/h1-2H,3H2,(H,14,15). The minimum atomic E-state index is -5.03. The average molecular weight is 250 g/mol. The van der Waals surface area contributed by atoms with Crippen molar-refractivity contribution in [3.63, 3.8) is 0 Å². The topological polar surface area (TPSA) is 93.3 Å². The summed E-state index contributed by atoms with van der Waals surface area (Å²) in [4.78, 5) is 22.8. The molecule has 1 aromatic rings. The predicted octanol–water partition coefficient (Wildman–Crippen LogP) is 1.64. The molecule has 1 N–H and O–H groups in total. The SMILES string of the molecule is O=C(O)Cc1nccc([N+](=O)[O-])c1C(F)(F)F. The van der Waals surface area contributed by atoms with Gasteiger partial charge in [-0.3, -0.25) is 19.9 Å². The Labute approximate surface area is 91.9 Å². The quantitative estimate of drug-likeness (QED) is 0.650. The van der Waals surface area contributed by atoms with Crippen molar-refractivity contribution in [2.24, 2.45) is 0 Å². The van der Waals surface area contributed by atoms with E-state index in [1.807, 2.05) is 0 Å². The van der Waals surface area contributed by atoms with Crippen LogP contribution in [-0.4, -0.2) is 21.0 Å². The van der Waals surface area contributed by atoms with Crippen LogP contribution < -0.4 is 0 Å². The van der Waals surface area contributed by atoms with Gasteiger partial charge in [-0.25, -0.2) is 0 Å². The first-order valence-electron chi connectivity index (χ1n) is 4.14. The van der Waals surface area contributed by atoms with Crippen LogP contribution in [0.4, 0.5) is 18.9 Å². The number of hydrogen-bond acceptors (Lipinski definition) is 4. The molecule has 0 saturated carbocycles. The van der Waals surface area contributed by atoms with E-state index in [4.69, 9.17) is 5.11 Å². The first-order chi connectivity index (χ1) is 7.73. The van der Waals surface area contributed by atoms with Crippen molar-refractivity contribution in [1.29, 1.82) is 0 Å². The normalized spacial score (nSPS) is 11.2. The number of halogens is 3. The molecule has 1 heterocycles. The number of aliphatic carboxylic acids is 1. The summed E-state index contributed by atoms with van der Waals surface area (Å²) >= 11 is 0. The van der Waals surface area contributed by atoms with Crippen molar-refractivity contribution >= 4 is 11.7 Å². The molecule has 6 nitrogen and oxygen atoms in total. The molecule has 0 fully saturated rings. The molecule has 1 rings (SSSR count). The van der Waals surface area contributed by atoms with Gasteiger partial charge in [-0.2, -0.15) is 13.2 Å². The number of carbonyl (C=O) groups is 1. The van der Waals surface area contributed by atoms with Gasteiger partial charge in [0.2, 0.25) is 0 Å². The van der Waals surface area contributed by atoms with E-state index in [9.17, 15) is 28.1 Å². The van der Waals surface area contributed by atoms with Crippen LogP contribution in [0.25, 0.3) is 0 Å². The molecule has 1 aromatic heterocycles. The Balaban J connectivity index is 3.45. The second-order valence-electron chi connectivity index (χ2n) is 2.98. The Kier molecular flexibility index (Phi) is 3.30. The van der Waals surface area contributed by atoms with Gasteiger partial charge in [-0.1, -0.05) is 0 Å². The fourth-order valence-corrected chi connectivity index (χ4v) is 1.23. The zero-order valence-electron chi connectivity index (χ0n) is 8.06. The molecule has 92 valence electrons. The summed E-state index contributed by atoms with van der Waals surface area (Å²) < 4.78 is 37.7. The number of aromatic nitrogens is 1. The highest BCUT2D eigenvalue weighted by atomic mass is 19.4. The minimum absolute atomic E-state index is 0.578. The Bertz CT molecular complexity index is 472. The van der Waals surface area contributed by atoms with Crippen molar-refractivity contribution < 1.29 is 28.0 Å². The van der Waals surface area contributed by atoms with Gasteiger partial charge in [0.05, 0.1) is 17.0 Å². The molecule has 0 bridgehead atoms. The van der Waals surface area contributed by atoms with Crippen molar-refractivity contribution in [3.05, 3.63) is 33.6 Å². The third kappa shape index (κ3) is 2.89. The summed E-state index contributed by atoms with van der Waals surface area (Å²) in [6, 6.07) is 0.578. The van der Waals surface area contributed by atoms with Gasteiger partial charge in [0, 0.05) is 12.3 Å². The summed E-state index contributed by atoms with van der Waals surface area (Å²) in [5.41, 5.74) is -3.70. The Hall–Kier alpha value is -2.19. The van der Waals surface area contributed by atoms with Gasteiger partial charge in [-0.15, -0.1) is 0 Å². The lowest BCUT2D eigenvalue weighted by Gasteiger charge is -2.10. The molecule has 0 spiro atoms. The Morgan fingerprint density at radius 1 is 1.53 bits per heavy atom. The van der Waals surface area contributed by atoms with E-state index < -0.39 is 40.4 Å². The van der Waals surface area contributed by atoms with Crippen LogP contribution in [0.3, 0.4) is 0 Å². The molecule has 17 heavy (non-hydrogen) atoms. The minimum Gasteiger partial charge on any atom is -0.481 e. The maximum Gasteiger partial charge on any atom is 0.424 e. The number of nitro groups is 1. The summed E-state index contributed by atoms with van der Waals surface area (Å²) in [5, 5.41) is 18.8. The summed E-state index contributed by atoms with van der Waals surface area (Å²) in [6.45, 7) is 0. The van der Waals surface area contributed by atoms with E-state index in [1.54, 1.807) is 0 Å². The third-order valence-electron chi connectivity index (χ3n) is 1.81. The second kappa shape index (κ2) is 4.36. The van der Waals surface area contributed by atoms with Crippen molar-refractivity contribution in [2.45, 2.75) is 12.6 Å². The summed E-state index contributed by atoms with van der Waals surface area (Å²) in [5.74, 6) is -1.55. The third-order valence-corrected chi connectivity index (χ3v) is 1.81. The fourth-order valence-electron chi connectivity index (χ4n) is 1.23. The van der Waals surface area contributed by atoms with E-state index in [-0.39, 0.29) is 0 Å². The van der Waals surface area contributed by atoms with E-state index in [0.717, 1.165) is 6.20 Å². The Morgan fingerprint density at radius 3 is 2.53 bits per heavy atom. The maximum absolute atomic E-state index is 12.6. The second-order valence-corrected chi connectivity index (χ2v) is 2.98. The zero-order chi connectivity index (χ0) is 13.2. The number of pyridine rings is 1. The van der Waals surface area contributed by atoms with Crippen LogP contribution in [0, 0.1) is 10.1 Å². The summed E-state index contributed by atoms with van der Waals surface area (Å²) in [7, 11) is 0. The molecule has 0 aromatic carbocycles. The molecule has 0 aliphatic rings. The average Bonchev–Trinajstić information content (AvgIpc) is 2.14. The molecule has 0 aliphatic heterocycles. The van der Waals surface area contributed by atoms with E-state index in [0.29, 0.717) is 6.07 Å². The molecular formula is C8H5F3N2O4. The van der Waals surface area contributed by atoms with Crippen molar-refractivity contribution in [1.82, 2.24) is 4.98 Å². The van der Waals surface area contributed by atoms with Crippen LogP contribution in [0.2, 0.25) is 0 Å². The maximum atomic E-state index is 12.6. The highest BCUT2D eigenvalue weighted by molar-refractivity contribution is 5.70. The highest BCUT2D eigenvalue weighted by Gasteiger charge is 2.41. The smallest absolute Gasteiger partial charge is 0.424 e. The Morgan fingerprint density at radius 2 is 2.12 bits per heavy atom. The largest absolute Gasteiger partial charge is 0.481 e. The molecule has 0 unspecified atom stereocenters. The molecule has 0 saturated heterocycles. The van der Waals surface area contributed by atoms with Gasteiger partial charge >= 0.3 is 12.1 Å². The first kappa shape index (κ1) is 12.9. The van der Waals surface area contributed by atoms with E-state index in [2.05, 4.69) is 4.98 Å². The lowest BCUT2D eigenvalue weighted by atomic mass is 10.1. The molecule has 0 amide bonds. The lowest BCUT2D eigenvalue weighted by Crippen LogP contribution is -2.16. The number of alkyl halides is 3. The van der Waals surface area contributed by atoms with Gasteiger partial charge in [0.25, 0.3) is 5.69 Å². The molecule has 0 radical (unpaired) electrons. The van der Waals surface area contributed by atoms with Crippen LogP contribution in [0.1, 0.15) is 11.3 Å². The van der Waals surface area contributed by atoms with Crippen LogP contribution in [0.15, 0.2) is 12.3 Å². The number of hydrogen-bond donors (Lipinski definition) is 1.